The van der Waals surface area contributed by atoms with Crippen LogP contribution >= 0.6 is 11.6 Å². The summed E-state index contributed by atoms with van der Waals surface area (Å²) in [6, 6.07) is 5.33. The first-order valence-corrected chi connectivity index (χ1v) is 5.86. The molecule has 0 spiro atoms. The van der Waals surface area contributed by atoms with Crippen molar-refractivity contribution in [1.29, 1.82) is 0 Å². The Labute approximate surface area is 110 Å². The predicted octanol–water partition coefficient (Wildman–Crippen LogP) is 3.51. The number of nitrogens with one attached hydrogen (secondary N) is 1. The summed E-state index contributed by atoms with van der Waals surface area (Å²) in [4.78, 5) is 16.0. The van der Waals surface area contributed by atoms with Crippen LogP contribution in [0.25, 0.3) is 0 Å². The summed E-state index contributed by atoms with van der Waals surface area (Å²) >= 11 is 5.99. The molecule has 0 saturated carbocycles. The molecule has 94 valence electrons. The van der Waals surface area contributed by atoms with Gasteiger partial charge in [0.25, 0.3) is 5.91 Å². The highest BCUT2D eigenvalue weighted by Gasteiger charge is 2.16. The van der Waals surface area contributed by atoms with Crippen LogP contribution in [-0.4, -0.2) is 10.9 Å². The molecule has 18 heavy (non-hydrogen) atoms. The molecule has 1 amide bonds. The lowest BCUT2D eigenvalue weighted by Crippen LogP contribution is -2.12. The molecular weight excluding hydrogens is 252 g/mol. The summed E-state index contributed by atoms with van der Waals surface area (Å²) in [5.74, 6) is 0.372. The highest BCUT2D eigenvalue weighted by Crippen LogP contribution is 2.21. The number of aromatic nitrogens is 1. The number of amides is 1. The van der Waals surface area contributed by atoms with Crippen molar-refractivity contribution in [3.63, 3.8) is 0 Å². The van der Waals surface area contributed by atoms with E-state index in [-0.39, 0.29) is 11.7 Å². The van der Waals surface area contributed by atoms with E-state index >= 15 is 0 Å². The van der Waals surface area contributed by atoms with Gasteiger partial charge in [-0.3, -0.25) is 4.79 Å². The maximum atomic E-state index is 12.0. The van der Waals surface area contributed by atoms with Gasteiger partial charge < -0.3 is 9.73 Å². The lowest BCUT2D eigenvalue weighted by atomic mass is 10.2. The van der Waals surface area contributed by atoms with Crippen molar-refractivity contribution in [3.8, 4) is 0 Å². The molecule has 0 fully saturated rings. The van der Waals surface area contributed by atoms with Crippen molar-refractivity contribution in [2.75, 3.05) is 5.32 Å². The Bertz CT molecular complexity index is 605. The van der Waals surface area contributed by atoms with Crippen molar-refractivity contribution >= 4 is 23.2 Å². The Morgan fingerprint density at radius 2 is 2.06 bits per heavy atom. The van der Waals surface area contributed by atoms with E-state index in [4.69, 9.17) is 16.0 Å². The lowest BCUT2D eigenvalue weighted by Gasteiger charge is -2.05. The van der Waals surface area contributed by atoms with Gasteiger partial charge in [-0.25, -0.2) is 4.98 Å². The minimum atomic E-state index is -0.326. The zero-order chi connectivity index (χ0) is 13.3. The molecule has 5 heteroatoms. The van der Waals surface area contributed by atoms with E-state index in [1.165, 1.54) is 0 Å². The van der Waals surface area contributed by atoms with Crippen molar-refractivity contribution in [2.45, 2.75) is 20.8 Å². The number of carbonyl (C=O) groups is 1. The Balaban J connectivity index is 2.21. The maximum absolute atomic E-state index is 12.0. The van der Waals surface area contributed by atoms with Gasteiger partial charge in [-0.05, 0) is 31.5 Å². The average molecular weight is 265 g/mol. The summed E-state index contributed by atoms with van der Waals surface area (Å²) in [7, 11) is 0. The zero-order valence-corrected chi connectivity index (χ0v) is 11.1. The normalized spacial score (nSPS) is 10.4. The van der Waals surface area contributed by atoms with E-state index in [1.807, 2.05) is 13.0 Å². The average Bonchev–Trinajstić information content (AvgIpc) is 2.63. The summed E-state index contributed by atoms with van der Waals surface area (Å²) < 4.78 is 5.25. The second-order valence-corrected chi connectivity index (χ2v) is 4.47. The minimum absolute atomic E-state index is 0.226. The fourth-order valence-electron chi connectivity index (χ4n) is 1.60. The van der Waals surface area contributed by atoms with Crippen LogP contribution in [-0.2, 0) is 0 Å². The van der Waals surface area contributed by atoms with Crippen LogP contribution in [0.2, 0.25) is 5.02 Å². The molecule has 0 saturated heterocycles. The number of aryl methyl sites for hydroxylation is 3. The number of anilines is 1. The fourth-order valence-corrected chi connectivity index (χ4v) is 1.78. The number of benzene rings is 1. The van der Waals surface area contributed by atoms with Gasteiger partial charge in [0.1, 0.15) is 0 Å². The van der Waals surface area contributed by atoms with E-state index in [2.05, 4.69) is 10.3 Å². The third-order valence-electron chi connectivity index (χ3n) is 2.54. The van der Waals surface area contributed by atoms with Crippen LogP contribution in [0.3, 0.4) is 0 Å². The van der Waals surface area contributed by atoms with Crippen LogP contribution < -0.4 is 5.32 Å². The Kier molecular flexibility index (Phi) is 3.39. The van der Waals surface area contributed by atoms with Gasteiger partial charge in [0.2, 0.25) is 5.76 Å². The first kappa shape index (κ1) is 12.6. The van der Waals surface area contributed by atoms with Crippen molar-refractivity contribution in [2.24, 2.45) is 0 Å². The van der Waals surface area contributed by atoms with E-state index < -0.39 is 0 Å². The molecule has 0 unspecified atom stereocenters. The van der Waals surface area contributed by atoms with Gasteiger partial charge in [0, 0.05) is 17.6 Å². The molecule has 4 nitrogen and oxygen atoms in total. The van der Waals surface area contributed by atoms with Gasteiger partial charge in [-0.15, -0.1) is 0 Å². The SMILES string of the molecule is Cc1nc(C)c(C(=O)Nc2ccc(C)c(Cl)c2)o1. The minimum Gasteiger partial charge on any atom is -0.436 e. The van der Waals surface area contributed by atoms with Crippen LogP contribution in [0.15, 0.2) is 22.6 Å². The molecule has 0 atom stereocenters. The van der Waals surface area contributed by atoms with Crippen molar-refractivity contribution in [3.05, 3.63) is 46.1 Å². The first-order chi connectivity index (χ1) is 8.47. The van der Waals surface area contributed by atoms with E-state index in [0.717, 1.165) is 5.56 Å². The molecule has 1 N–H and O–H groups in total. The van der Waals surface area contributed by atoms with Gasteiger partial charge in [0.05, 0.1) is 5.69 Å². The van der Waals surface area contributed by atoms with E-state index in [1.54, 1.807) is 26.0 Å². The molecule has 2 rings (SSSR count). The van der Waals surface area contributed by atoms with Crippen LogP contribution in [0.5, 0.6) is 0 Å². The number of hydrogen-bond donors (Lipinski definition) is 1. The highest BCUT2D eigenvalue weighted by atomic mass is 35.5. The molecular formula is C13H13ClN2O2. The molecule has 0 radical (unpaired) electrons. The largest absolute Gasteiger partial charge is 0.436 e. The van der Waals surface area contributed by atoms with Gasteiger partial charge in [-0.2, -0.15) is 0 Å². The third kappa shape index (κ3) is 2.54. The molecule has 0 aliphatic carbocycles. The zero-order valence-electron chi connectivity index (χ0n) is 10.4. The highest BCUT2D eigenvalue weighted by molar-refractivity contribution is 6.31. The topological polar surface area (TPSA) is 55.1 Å². The predicted molar refractivity (Wildman–Crippen MR) is 70.1 cm³/mol. The third-order valence-corrected chi connectivity index (χ3v) is 2.95. The number of halogens is 1. The summed E-state index contributed by atoms with van der Waals surface area (Å²) in [5, 5.41) is 3.33. The molecule has 1 aromatic carbocycles. The number of rotatable bonds is 2. The second-order valence-electron chi connectivity index (χ2n) is 4.07. The summed E-state index contributed by atoms with van der Waals surface area (Å²) in [5.41, 5.74) is 2.16. The molecule has 1 aromatic heterocycles. The van der Waals surface area contributed by atoms with Gasteiger partial charge in [-0.1, -0.05) is 17.7 Å². The van der Waals surface area contributed by atoms with E-state index in [0.29, 0.717) is 22.3 Å². The number of oxazole rings is 1. The molecule has 0 aliphatic rings. The molecule has 0 aliphatic heterocycles. The van der Waals surface area contributed by atoms with Gasteiger partial charge >= 0.3 is 0 Å². The second kappa shape index (κ2) is 4.82. The maximum Gasteiger partial charge on any atom is 0.293 e. The van der Waals surface area contributed by atoms with Crippen molar-refractivity contribution < 1.29 is 9.21 Å². The van der Waals surface area contributed by atoms with Crippen LogP contribution in [0, 0.1) is 20.8 Å². The fraction of sp³-hybridized carbons (Fsp3) is 0.231. The monoisotopic (exact) mass is 264 g/mol. The van der Waals surface area contributed by atoms with Crippen LogP contribution in [0.1, 0.15) is 27.7 Å². The van der Waals surface area contributed by atoms with Crippen molar-refractivity contribution in [1.82, 2.24) is 4.98 Å². The first-order valence-electron chi connectivity index (χ1n) is 5.49. The van der Waals surface area contributed by atoms with Crippen LogP contribution in [0.4, 0.5) is 5.69 Å². The van der Waals surface area contributed by atoms with E-state index in [9.17, 15) is 4.79 Å². The standard InChI is InChI=1S/C13H13ClN2O2/c1-7-4-5-10(6-11(7)14)16-13(17)12-8(2)15-9(3)18-12/h4-6H,1-3H3,(H,16,17). The number of hydrogen-bond acceptors (Lipinski definition) is 3. The lowest BCUT2D eigenvalue weighted by molar-refractivity contribution is 0.0994. The van der Waals surface area contributed by atoms with Gasteiger partial charge in [0.15, 0.2) is 5.89 Å². The smallest absolute Gasteiger partial charge is 0.293 e. The Morgan fingerprint density at radius 3 is 2.61 bits per heavy atom. The number of carbonyl (C=O) groups excluding carboxylic acids is 1. The molecule has 1 heterocycles. The summed E-state index contributed by atoms with van der Waals surface area (Å²) in [6.45, 7) is 5.33. The Morgan fingerprint density at radius 1 is 1.33 bits per heavy atom. The summed E-state index contributed by atoms with van der Waals surface area (Å²) in [6.07, 6.45) is 0. The Hall–Kier alpha value is -1.81. The molecule has 2 aromatic rings. The quantitative estimate of drug-likeness (QED) is 0.903. The molecule has 0 bridgehead atoms. The number of nitrogens with zero attached hydrogens (tertiary/aromatic N) is 1.